The van der Waals surface area contributed by atoms with E-state index in [-0.39, 0.29) is 31.0 Å². The number of aromatic nitrogens is 2. The molecule has 41 heavy (non-hydrogen) atoms. The minimum absolute atomic E-state index is 0.123. The van der Waals surface area contributed by atoms with Crippen LogP contribution < -0.4 is 10.6 Å². The van der Waals surface area contributed by atoms with Gasteiger partial charge in [-0.2, -0.15) is 4.31 Å². The number of fused-ring (bicyclic) bond motifs is 1. The third kappa shape index (κ3) is 6.64. The number of ketones is 1. The Morgan fingerprint density at radius 3 is 2.51 bits per heavy atom. The number of hydrogen-bond donors (Lipinski definition) is 2. The summed E-state index contributed by atoms with van der Waals surface area (Å²) in [6.07, 6.45) is 3.89. The third-order valence-electron chi connectivity index (χ3n) is 6.95. The summed E-state index contributed by atoms with van der Waals surface area (Å²) in [5.74, 6) is -1.39. The summed E-state index contributed by atoms with van der Waals surface area (Å²) in [5, 5.41) is 6.26. The molecule has 3 heterocycles. The minimum atomic E-state index is -3.96. The van der Waals surface area contributed by atoms with Crippen molar-refractivity contribution in [2.24, 2.45) is 0 Å². The molecule has 0 radical (unpaired) electrons. The van der Waals surface area contributed by atoms with Gasteiger partial charge in [0.15, 0.2) is 10.8 Å². The van der Waals surface area contributed by atoms with Gasteiger partial charge in [-0.3, -0.25) is 19.4 Å². The second-order valence-corrected chi connectivity index (χ2v) is 11.7. The SMILES string of the molecule is O=C(N[C@@H](Cc1ccccc1)C(=O)NC1CCCN(S(=O)(=O)c2ccccn2)CC1=O)c1ccc2ncccc2c1. The second-order valence-electron chi connectivity index (χ2n) is 9.80. The zero-order chi connectivity index (χ0) is 28.8. The van der Waals surface area contributed by atoms with Crippen LogP contribution in [0.3, 0.4) is 0 Å². The molecule has 1 unspecified atom stereocenters. The summed E-state index contributed by atoms with van der Waals surface area (Å²) in [7, 11) is -3.96. The Balaban J connectivity index is 1.31. The van der Waals surface area contributed by atoms with Crippen molar-refractivity contribution in [1.82, 2.24) is 24.9 Å². The summed E-state index contributed by atoms with van der Waals surface area (Å²) < 4.78 is 27.2. The van der Waals surface area contributed by atoms with Gasteiger partial charge in [-0.1, -0.05) is 42.5 Å². The standard InChI is InChI=1S/C30H29N5O5S/c36-27-20-35(41(39,40)28-12-4-5-15-32-28)17-7-11-25(27)33-30(38)26(18-21-8-2-1-3-9-21)34-29(37)23-13-14-24-22(19-23)10-6-16-31-24/h1-6,8-10,12-16,19,25-26H,7,11,17-18,20H2,(H,33,38)(H,34,37)/t25?,26-/m0/s1. The van der Waals surface area contributed by atoms with Crippen LogP contribution in [-0.4, -0.2) is 65.5 Å². The molecule has 2 aromatic heterocycles. The quantitative estimate of drug-likeness (QED) is 0.331. The van der Waals surface area contributed by atoms with Crippen LogP contribution in [0.15, 0.2) is 96.3 Å². The number of carbonyl (C=O) groups excluding carboxylic acids is 3. The molecule has 210 valence electrons. The lowest BCUT2D eigenvalue weighted by Gasteiger charge is -2.23. The van der Waals surface area contributed by atoms with Gasteiger partial charge >= 0.3 is 0 Å². The van der Waals surface area contributed by atoms with E-state index < -0.39 is 39.7 Å². The van der Waals surface area contributed by atoms with E-state index in [2.05, 4.69) is 20.6 Å². The van der Waals surface area contributed by atoms with Crippen molar-refractivity contribution >= 4 is 38.5 Å². The summed E-state index contributed by atoms with van der Waals surface area (Å²) in [5.41, 5.74) is 1.95. The maximum atomic E-state index is 13.5. The van der Waals surface area contributed by atoms with E-state index >= 15 is 0 Å². The fourth-order valence-corrected chi connectivity index (χ4v) is 6.15. The van der Waals surface area contributed by atoms with Gasteiger partial charge in [0.2, 0.25) is 5.91 Å². The summed E-state index contributed by atoms with van der Waals surface area (Å²) >= 11 is 0. The van der Waals surface area contributed by atoms with Gasteiger partial charge in [-0.05, 0) is 54.8 Å². The van der Waals surface area contributed by atoms with Crippen molar-refractivity contribution in [2.75, 3.05) is 13.1 Å². The Kier molecular flexibility index (Phi) is 8.46. The van der Waals surface area contributed by atoms with Gasteiger partial charge < -0.3 is 10.6 Å². The first kappa shape index (κ1) is 28.1. The first-order valence-electron chi connectivity index (χ1n) is 13.2. The van der Waals surface area contributed by atoms with E-state index in [1.165, 1.54) is 12.3 Å². The number of sulfonamides is 1. The van der Waals surface area contributed by atoms with Crippen molar-refractivity contribution in [3.8, 4) is 0 Å². The van der Waals surface area contributed by atoms with Crippen molar-refractivity contribution in [3.05, 3.63) is 102 Å². The molecule has 0 spiro atoms. The van der Waals surface area contributed by atoms with Gasteiger partial charge in [0.25, 0.3) is 15.9 Å². The third-order valence-corrected chi connectivity index (χ3v) is 8.71. The van der Waals surface area contributed by atoms with Crippen molar-refractivity contribution < 1.29 is 22.8 Å². The molecular weight excluding hydrogens is 542 g/mol. The number of nitrogens with zero attached hydrogens (tertiary/aromatic N) is 3. The monoisotopic (exact) mass is 571 g/mol. The molecule has 1 aliphatic rings. The Morgan fingerprint density at radius 1 is 0.951 bits per heavy atom. The van der Waals surface area contributed by atoms with E-state index in [0.717, 1.165) is 20.8 Å². The van der Waals surface area contributed by atoms with E-state index in [1.54, 1.807) is 42.6 Å². The molecule has 1 fully saturated rings. The fourth-order valence-electron chi connectivity index (χ4n) is 4.78. The number of hydrogen-bond acceptors (Lipinski definition) is 7. The molecule has 10 nitrogen and oxygen atoms in total. The molecule has 1 aliphatic heterocycles. The van der Waals surface area contributed by atoms with Crippen LogP contribution in [0.4, 0.5) is 0 Å². The molecule has 0 bridgehead atoms. The van der Waals surface area contributed by atoms with E-state index in [1.807, 2.05) is 36.4 Å². The molecule has 0 aliphatic carbocycles. The number of rotatable bonds is 8. The highest BCUT2D eigenvalue weighted by molar-refractivity contribution is 7.89. The molecular formula is C30H29N5O5S. The zero-order valence-electron chi connectivity index (χ0n) is 22.1. The first-order chi connectivity index (χ1) is 19.8. The predicted molar refractivity (Wildman–Crippen MR) is 152 cm³/mol. The van der Waals surface area contributed by atoms with Crippen LogP contribution >= 0.6 is 0 Å². The Hall–Kier alpha value is -4.48. The lowest BCUT2D eigenvalue weighted by atomic mass is 10.0. The van der Waals surface area contributed by atoms with Crippen LogP contribution in [-0.2, 0) is 26.0 Å². The number of amides is 2. The molecule has 2 N–H and O–H groups in total. The van der Waals surface area contributed by atoms with Crippen LogP contribution in [0.2, 0.25) is 0 Å². The van der Waals surface area contributed by atoms with E-state index in [4.69, 9.17) is 0 Å². The molecule has 11 heteroatoms. The fraction of sp³-hybridized carbons (Fsp3) is 0.233. The maximum Gasteiger partial charge on any atom is 0.260 e. The van der Waals surface area contributed by atoms with Crippen LogP contribution in [0.5, 0.6) is 0 Å². The molecule has 2 amide bonds. The number of Topliss-reactive ketones (excluding diaryl/α,β-unsaturated/α-hetero) is 1. The van der Waals surface area contributed by atoms with Gasteiger partial charge in [0.1, 0.15) is 6.04 Å². The van der Waals surface area contributed by atoms with Gasteiger partial charge in [-0.25, -0.2) is 13.4 Å². The largest absolute Gasteiger partial charge is 0.344 e. The van der Waals surface area contributed by atoms with Gasteiger partial charge in [-0.15, -0.1) is 0 Å². The number of pyridine rings is 2. The van der Waals surface area contributed by atoms with Gasteiger partial charge in [0.05, 0.1) is 18.1 Å². The summed E-state index contributed by atoms with van der Waals surface area (Å²) in [4.78, 5) is 48.1. The van der Waals surface area contributed by atoms with Crippen molar-refractivity contribution in [1.29, 1.82) is 0 Å². The highest BCUT2D eigenvalue weighted by Gasteiger charge is 2.34. The van der Waals surface area contributed by atoms with Crippen LogP contribution in [0.1, 0.15) is 28.8 Å². The first-order valence-corrected chi connectivity index (χ1v) is 14.7. The lowest BCUT2D eigenvalue weighted by molar-refractivity contribution is -0.128. The number of carbonyl (C=O) groups is 3. The molecule has 1 saturated heterocycles. The van der Waals surface area contributed by atoms with Crippen molar-refractivity contribution in [2.45, 2.75) is 36.4 Å². The Bertz CT molecular complexity index is 1660. The average molecular weight is 572 g/mol. The lowest BCUT2D eigenvalue weighted by Crippen LogP contribution is -2.53. The molecule has 5 rings (SSSR count). The highest BCUT2D eigenvalue weighted by Crippen LogP contribution is 2.18. The highest BCUT2D eigenvalue weighted by atomic mass is 32.2. The Labute approximate surface area is 237 Å². The van der Waals surface area contributed by atoms with Gasteiger partial charge in [0, 0.05) is 36.3 Å². The predicted octanol–water partition coefficient (Wildman–Crippen LogP) is 2.51. The number of benzene rings is 2. The normalized spacial score (nSPS) is 17.0. The van der Waals surface area contributed by atoms with Crippen LogP contribution in [0.25, 0.3) is 10.9 Å². The topological polar surface area (TPSA) is 138 Å². The number of nitrogens with one attached hydrogen (secondary N) is 2. The van der Waals surface area contributed by atoms with Crippen LogP contribution in [0, 0.1) is 0 Å². The maximum absolute atomic E-state index is 13.5. The summed E-state index contributed by atoms with van der Waals surface area (Å²) in [6, 6.07) is 20.7. The molecule has 2 atom stereocenters. The zero-order valence-corrected chi connectivity index (χ0v) is 23.0. The second kappa shape index (κ2) is 12.4. The smallest absolute Gasteiger partial charge is 0.260 e. The van der Waals surface area contributed by atoms with Crippen molar-refractivity contribution in [3.63, 3.8) is 0 Å². The average Bonchev–Trinajstić information content (AvgIpc) is 3.18. The van der Waals surface area contributed by atoms with E-state index in [9.17, 15) is 22.8 Å². The summed E-state index contributed by atoms with van der Waals surface area (Å²) in [6.45, 7) is -0.261. The Morgan fingerprint density at radius 2 is 1.73 bits per heavy atom. The molecule has 2 aromatic carbocycles. The molecule has 4 aromatic rings. The minimum Gasteiger partial charge on any atom is -0.344 e. The van der Waals surface area contributed by atoms with E-state index in [0.29, 0.717) is 12.0 Å². The molecule has 0 saturated carbocycles.